The number of rotatable bonds is 4. The molecule has 4 nitrogen and oxygen atoms in total. The summed E-state index contributed by atoms with van der Waals surface area (Å²) in [4.78, 5) is 13.2. The first-order chi connectivity index (χ1) is 6.53. The smallest absolute Gasteiger partial charge is 0.323 e. The van der Waals surface area contributed by atoms with Gasteiger partial charge in [0.25, 0.3) is 0 Å². The third-order valence-electron chi connectivity index (χ3n) is 3.28. The van der Waals surface area contributed by atoms with E-state index in [9.17, 15) is 4.79 Å². The van der Waals surface area contributed by atoms with E-state index in [1.54, 1.807) is 0 Å². The van der Waals surface area contributed by atoms with Gasteiger partial charge in [-0.2, -0.15) is 0 Å². The van der Waals surface area contributed by atoms with Crippen LogP contribution in [0.2, 0.25) is 0 Å². The van der Waals surface area contributed by atoms with Crippen LogP contribution in [-0.2, 0) is 4.79 Å². The van der Waals surface area contributed by atoms with Gasteiger partial charge in [-0.15, -0.1) is 0 Å². The van der Waals surface area contributed by atoms with Gasteiger partial charge in [-0.05, 0) is 32.4 Å². The molecule has 4 heteroatoms. The Morgan fingerprint density at radius 3 is 2.50 bits per heavy atom. The highest BCUT2D eigenvalue weighted by molar-refractivity contribution is 5.79. The zero-order valence-electron chi connectivity index (χ0n) is 8.99. The average Bonchev–Trinajstić information content (AvgIpc) is 2.52. The predicted octanol–water partition coefficient (Wildman–Crippen LogP) is 0.663. The summed E-state index contributed by atoms with van der Waals surface area (Å²) in [7, 11) is 0. The summed E-state index contributed by atoms with van der Waals surface area (Å²) in [5, 5.41) is 8.97. The van der Waals surface area contributed by atoms with Gasteiger partial charge in [0.2, 0.25) is 0 Å². The van der Waals surface area contributed by atoms with Gasteiger partial charge in [-0.1, -0.05) is 13.8 Å². The lowest BCUT2D eigenvalue weighted by molar-refractivity contribution is -0.143. The molecule has 1 rings (SSSR count). The minimum Gasteiger partial charge on any atom is -0.480 e. The van der Waals surface area contributed by atoms with Crippen LogP contribution in [0.3, 0.4) is 0 Å². The normalized spacial score (nSPS) is 32.4. The molecule has 82 valence electrons. The van der Waals surface area contributed by atoms with Gasteiger partial charge in [0.15, 0.2) is 0 Å². The molecule has 3 N–H and O–H groups in total. The lowest BCUT2D eigenvalue weighted by Gasteiger charge is -2.27. The number of hydrogen-bond acceptors (Lipinski definition) is 3. The number of nitrogens with two attached hydrogens (primary N) is 1. The van der Waals surface area contributed by atoms with E-state index in [0.29, 0.717) is 18.9 Å². The van der Waals surface area contributed by atoms with Crippen molar-refractivity contribution in [2.75, 3.05) is 13.1 Å². The van der Waals surface area contributed by atoms with Gasteiger partial charge in [-0.25, -0.2) is 0 Å². The predicted molar refractivity (Wildman–Crippen MR) is 55.1 cm³/mol. The molecule has 1 fully saturated rings. The average molecular weight is 200 g/mol. The number of carboxylic acid groups (broad SMARTS) is 1. The van der Waals surface area contributed by atoms with E-state index in [1.165, 1.54) is 0 Å². The van der Waals surface area contributed by atoms with Crippen molar-refractivity contribution in [3.8, 4) is 0 Å². The van der Waals surface area contributed by atoms with Crippen LogP contribution in [0.1, 0.15) is 33.1 Å². The van der Waals surface area contributed by atoms with Crippen LogP contribution < -0.4 is 5.73 Å². The quantitative estimate of drug-likeness (QED) is 0.699. The molecule has 1 saturated carbocycles. The second kappa shape index (κ2) is 4.28. The molecule has 0 aromatic rings. The van der Waals surface area contributed by atoms with Gasteiger partial charge in [0, 0.05) is 6.04 Å². The zero-order valence-corrected chi connectivity index (χ0v) is 8.99. The molecule has 0 spiro atoms. The van der Waals surface area contributed by atoms with E-state index >= 15 is 0 Å². The maximum atomic E-state index is 10.9. The molecule has 0 heterocycles. The molecule has 0 radical (unpaired) electrons. The lowest BCUT2D eigenvalue weighted by Crippen LogP contribution is -2.47. The van der Waals surface area contributed by atoms with Crippen LogP contribution in [0.5, 0.6) is 0 Å². The van der Waals surface area contributed by atoms with Gasteiger partial charge < -0.3 is 15.7 Å². The van der Waals surface area contributed by atoms with Crippen LogP contribution in [0.25, 0.3) is 0 Å². The Bertz CT molecular complexity index is 216. The van der Waals surface area contributed by atoms with Gasteiger partial charge in [0.1, 0.15) is 5.54 Å². The van der Waals surface area contributed by atoms with E-state index in [4.69, 9.17) is 10.8 Å². The molecule has 2 unspecified atom stereocenters. The monoisotopic (exact) mass is 200 g/mol. The Morgan fingerprint density at radius 1 is 1.57 bits per heavy atom. The van der Waals surface area contributed by atoms with Crippen molar-refractivity contribution < 1.29 is 9.90 Å². The van der Waals surface area contributed by atoms with Crippen molar-refractivity contribution in [2.24, 2.45) is 5.73 Å². The number of aliphatic carboxylic acids is 1. The van der Waals surface area contributed by atoms with Crippen molar-refractivity contribution in [1.29, 1.82) is 0 Å². The highest BCUT2D eigenvalue weighted by Crippen LogP contribution is 2.31. The standard InChI is InChI=1S/C10H20N2O2/c1-3-12(4-2)8-5-6-10(11,7-8)9(13)14/h8H,3-7,11H2,1-2H3,(H,13,14). The lowest BCUT2D eigenvalue weighted by atomic mass is 9.99. The number of hydrogen-bond donors (Lipinski definition) is 2. The van der Waals surface area contributed by atoms with Crippen LogP contribution in [-0.4, -0.2) is 40.6 Å². The second-order valence-corrected chi connectivity index (χ2v) is 4.08. The van der Waals surface area contributed by atoms with E-state index in [1.807, 2.05) is 0 Å². The van der Waals surface area contributed by atoms with E-state index < -0.39 is 11.5 Å². The number of carbonyl (C=O) groups is 1. The first-order valence-corrected chi connectivity index (χ1v) is 5.29. The van der Waals surface area contributed by atoms with Crippen LogP contribution in [0.15, 0.2) is 0 Å². The van der Waals surface area contributed by atoms with E-state index in [2.05, 4.69) is 18.7 Å². The van der Waals surface area contributed by atoms with Gasteiger partial charge in [-0.3, -0.25) is 4.79 Å². The fourth-order valence-corrected chi connectivity index (χ4v) is 2.29. The Kier molecular flexibility index (Phi) is 3.50. The maximum absolute atomic E-state index is 10.9. The second-order valence-electron chi connectivity index (χ2n) is 4.08. The fourth-order valence-electron chi connectivity index (χ4n) is 2.29. The summed E-state index contributed by atoms with van der Waals surface area (Å²) in [5.41, 5.74) is 4.83. The highest BCUT2D eigenvalue weighted by Gasteiger charge is 2.43. The Labute approximate surface area is 85.1 Å². The summed E-state index contributed by atoms with van der Waals surface area (Å²) in [5.74, 6) is -0.854. The molecule has 0 amide bonds. The molecule has 14 heavy (non-hydrogen) atoms. The molecule has 0 bridgehead atoms. The van der Waals surface area contributed by atoms with Crippen LogP contribution in [0.4, 0.5) is 0 Å². The largest absolute Gasteiger partial charge is 0.480 e. The zero-order chi connectivity index (χ0) is 10.8. The van der Waals surface area contributed by atoms with Crippen molar-refractivity contribution in [3.05, 3.63) is 0 Å². The van der Waals surface area contributed by atoms with Crippen LogP contribution in [0, 0.1) is 0 Å². The summed E-state index contributed by atoms with van der Waals surface area (Å²) in [6, 6.07) is 0.353. The maximum Gasteiger partial charge on any atom is 0.323 e. The number of nitrogens with zero attached hydrogens (tertiary/aromatic N) is 1. The minimum absolute atomic E-state index is 0.353. The fraction of sp³-hybridized carbons (Fsp3) is 0.900. The Morgan fingerprint density at radius 2 is 2.14 bits per heavy atom. The summed E-state index contributed by atoms with van der Waals surface area (Å²) >= 11 is 0. The molecule has 0 aromatic heterocycles. The van der Waals surface area contributed by atoms with Gasteiger partial charge >= 0.3 is 5.97 Å². The molecule has 0 aliphatic heterocycles. The molecule has 2 atom stereocenters. The van der Waals surface area contributed by atoms with Gasteiger partial charge in [0.05, 0.1) is 0 Å². The SMILES string of the molecule is CCN(CC)C1CCC(N)(C(=O)O)C1. The number of carboxylic acids is 1. The molecular formula is C10H20N2O2. The summed E-state index contributed by atoms with van der Waals surface area (Å²) in [6.07, 6.45) is 2.10. The minimum atomic E-state index is -0.979. The molecule has 0 aromatic carbocycles. The first kappa shape index (κ1) is 11.5. The Balaban J connectivity index is 2.60. The van der Waals surface area contributed by atoms with Crippen molar-refractivity contribution in [2.45, 2.75) is 44.7 Å². The van der Waals surface area contributed by atoms with Crippen LogP contribution >= 0.6 is 0 Å². The molecule has 1 aliphatic carbocycles. The van der Waals surface area contributed by atoms with Crippen molar-refractivity contribution in [3.63, 3.8) is 0 Å². The van der Waals surface area contributed by atoms with Crippen molar-refractivity contribution >= 4 is 5.97 Å². The van der Waals surface area contributed by atoms with E-state index in [0.717, 1.165) is 19.5 Å². The molecular weight excluding hydrogens is 180 g/mol. The molecule has 1 aliphatic rings. The first-order valence-electron chi connectivity index (χ1n) is 5.29. The topological polar surface area (TPSA) is 66.6 Å². The summed E-state index contributed by atoms with van der Waals surface area (Å²) < 4.78 is 0. The third kappa shape index (κ3) is 2.07. The highest BCUT2D eigenvalue weighted by atomic mass is 16.4. The molecule has 0 saturated heterocycles. The van der Waals surface area contributed by atoms with E-state index in [-0.39, 0.29) is 0 Å². The Hall–Kier alpha value is -0.610. The van der Waals surface area contributed by atoms with Crippen molar-refractivity contribution in [1.82, 2.24) is 4.90 Å². The third-order valence-corrected chi connectivity index (χ3v) is 3.28. The summed E-state index contributed by atoms with van der Waals surface area (Å²) in [6.45, 7) is 6.13.